The average Bonchev–Trinajstić information content (AvgIpc) is 2.25. The van der Waals surface area contributed by atoms with Crippen molar-refractivity contribution in [3.05, 3.63) is 29.3 Å². The summed E-state index contributed by atoms with van der Waals surface area (Å²) in [6.07, 6.45) is 1.16. The monoisotopic (exact) mass is 222 g/mol. The maximum Gasteiger partial charge on any atom is 0.306 e. The molecule has 0 aliphatic carbocycles. The van der Waals surface area contributed by atoms with Crippen LogP contribution in [0, 0.1) is 12.8 Å². The number of aliphatic carboxylic acids is 1. The molecule has 0 fully saturated rings. The Bertz CT molecular complexity index is 371. The quantitative estimate of drug-likeness (QED) is 0.833. The van der Waals surface area contributed by atoms with Gasteiger partial charge in [0.05, 0.1) is 13.0 Å². The number of ether oxygens (including phenoxy) is 1. The molecule has 1 N–H and O–H groups in total. The maximum atomic E-state index is 11.0. The van der Waals surface area contributed by atoms with Crippen molar-refractivity contribution in [3.63, 3.8) is 0 Å². The van der Waals surface area contributed by atoms with Gasteiger partial charge in [0.1, 0.15) is 5.75 Å². The third kappa shape index (κ3) is 2.99. The lowest BCUT2D eigenvalue weighted by atomic mass is 9.95. The summed E-state index contributed by atoms with van der Waals surface area (Å²) in [6, 6.07) is 5.84. The van der Waals surface area contributed by atoms with Crippen LogP contribution in [0.25, 0.3) is 0 Å². The second-order valence-electron chi connectivity index (χ2n) is 3.96. The number of carboxylic acids is 1. The zero-order valence-corrected chi connectivity index (χ0v) is 9.99. The van der Waals surface area contributed by atoms with Gasteiger partial charge in [-0.15, -0.1) is 0 Å². The fourth-order valence-electron chi connectivity index (χ4n) is 1.74. The van der Waals surface area contributed by atoms with Crippen molar-refractivity contribution in [1.29, 1.82) is 0 Å². The molecule has 0 saturated heterocycles. The zero-order valence-electron chi connectivity index (χ0n) is 9.99. The van der Waals surface area contributed by atoms with Gasteiger partial charge in [0.2, 0.25) is 0 Å². The van der Waals surface area contributed by atoms with Crippen LogP contribution in [0.2, 0.25) is 0 Å². The molecule has 1 aromatic rings. The third-order valence-electron chi connectivity index (χ3n) is 2.74. The van der Waals surface area contributed by atoms with Gasteiger partial charge in [-0.2, -0.15) is 0 Å². The predicted molar refractivity (Wildman–Crippen MR) is 62.9 cm³/mol. The molecule has 0 radical (unpaired) electrons. The highest BCUT2D eigenvalue weighted by Gasteiger charge is 2.17. The molecule has 16 heavy (non-hydrogen) atoms. The number of rotatable bonds is 5. The molecule has 3 nitrogen and oxygen atoms in total. The highest BCUT2D eigenvalue weighted by molar-refractivity contribution is 5.70. The second-order valence-corrected chi connectivity index (χ2v) is 3.96. The molecule has 1 aromatic carbocycles. The molecule has 0 bridgehead atoms. The van der Waals surface area contributed by atoms with E-state index in [1.807, 2.05) is 32.0 Å². The summed E-state index contributed by atoms with van der Waals surface area (Å²) in [7, 11) is 1.61. The van der Waals surface area contributed by atoms with E-state index in [0.717, 1.165) is 16.9 Å². The van der Waals surface area contributed by atoms with E-state index in [2.05, 4.69) is 0 Å². The van der Waals surface area contributed by atoms with Crippen LogP contribution in [0.15, 0.2) is 18.2 Å². The summed E-state index contributed by atoms with van der Waals surface area (Å²) in [5.41, 5.74) is 2.09. The normalized spacial score (nSPS) is 12.2. The lowest BCUT2D eigenvalue weighted by molar-refractivity contribution is -0.141. The van der Waals surface area contributed by atoms with E-state index in [9.17, 15) is 4.79 Å². The van der Waals surface area contributed by atoms with Crippen molar-refractivity contribution < 1.29 is 14.6 Å². The standard InChI is InChI=1S/C13H18O3/c1-4-10(13(14)15)8-11-7-9(2)5-6-12(11)16-3/h5-7,10H,4,8H2,1-3H3,(H,14,15). The highest BCUT2D eigenvalue weighted by Crippen LogP contribution is 2.24. The predicted octanol–water partition coefficient (Wildman–Crippen LogP) is 2.66. The molecule has 0 aromatic heterocycles. The first-order chi connectivity index (χ1) is 7.58. The molecule has 0 heterocycles. The molecule has 0 saturated carbocycles. The van der Waals surface area contributed by atoms with Gasteiger partial charge >= 0.3 is 5.97 Å². The van der Waals surface area contributed by atoms with Crippen LogP contribution in [-0.2, 0) is 11.2 Å². The fourth-order valence-corrected chi connectivity index (χ4v) is 1.74. The maximum absolute atomic E-state index is 11.0. The Kier molecular flexibility index (Phi) is 4.35. The van der Waals surface area contributed by atoms with E-state index in [-0.39, 0.29) is 5.92 Å². The Morgan fingerprint density at radius 3 is 2.69 bits per heavy atom. The number of carbonyl (C=O) groups is 1. The summed E-state index contributed by atoms with van der Waals surface area (Å²) in [5.74, 6) is -0.313. The Hall–Kier alpha value is -1.51. The summed E-state index contributed by atoms with van der Waals surface area (Å²) in [5, 5.41) is 9.03. The number of hydrogen-bond acceptors (Lipinski definition) is 2. The van der Waals surface area contributed by atoms with Gasteiger partial charge in [-0.05, 0) is 31.4 Å². The Labute approximate surface area is 96.1 Å². The molecule has 0 amide bonds. The zero-order chi connectivity index (χ0) is 12.1. The molecule has 88 valence electrons. The summed E-state index contributed by atoms with van der Waals surface area (Å²) in [6.45, 7) is 3.88. The number of benzene rings is 1. The second kappa shape index (κ2) is 5.54. The van der Waals surface area contributed by atoms with Crippen LogP contribution < -0.4 is 4.74 Å². The molecule has 1 unspecified atom stereocenters. The number of carboxylic acid groups (broad SMARTS) is 1. The minimum Gasteiger partial charge on any atom is -0.496 e. The number of methoxy groups -OCH3 is 1. The van der Waals surface area contributed by atoms with Crippen LogP contribution in [0.3, 0.4) is 0 Å². The van der Waals surface area contributed by atoms with Gasteiger partial charge in [0.15, 0.2) is 0 Å². The van der Waals surface area contributed by atoms with Crippen LogP contribution in [0.5, 0.6) is 5.75 Å². The molecule has 0 spiro atoms. The van der Waals surface area contributed by atoms with Gasteiger partial charge in [0.25, 0.3) is 0 Å². The number of hydrogen-bond donors (Lipinski definition) is 1. The van der Waals surface area contributed by atoms with Crippen LogP contribution in [0.4, 0.5) is 0 Å². The first-order valence-corrected chi connectivity index (χ1v) is 5.44. The van der Waals surface area contributed by atoms with E-state index in [4.69, 9.17) is 9.84 Å². The topological polar surface area (TPSA) is 46.5 Å². The van der Waals surface area contributed by atoms with Crippen molar-refractivity contribution in [2.24, 2.45) is 5.92 Å². The molecule has 0 aliphatic rings. The Balaban J connectivity index is 2.93. The number of aryl methyl sites for hydroxylation is 1. The minimum atomic E-state index is -0.744. The fraction of sp³-hybridized carbons (Fsp3) is 0.462. The van der Waals surface area contributed by atoms with Crippen molar-refractivity contribution in [2.75, 3.05) is 7.11 Å². The Morgan fingerprint density at radius 1 is 1.50 bits per heavy atom. The van der Waals surface area contributed by atoms with Gasteiger partial charge in [-0.3, -0.25) is 4.79 Å². The van der Waals surface area contributed by atoms with E-state index in [1.165, 1.54) is 0 Å². The van der Waals surface area contributed by atoms with Gasteiger partial charge in [-0.25, -0.2) is 0 Å². The molecule has 1 atom stereocenters. The van der Waals surface area contributed by atoms with Crippen molar-refractivity contribution in [3.8, 4) is 5.75 Å². The van der Waals surface area contributed by atoms with E-state index in [1.54, 1.807) is 7.11 Å². The van der Waals surface area contributed by atoms with E-state index in [0.29, 0.717) is 12.8 Å². The molecule has 0 aliphatic heterocycles. The third-order valence-corrected chi connectivity index (χ3v) is 2.74. The van der Waals surface area contributed by atoms with Crippen LogP contribution >= 0.6 is 0 Å². The van der Waals surface area contributed by atoms with Crippen LogP contribution in [0.1, 0.15) is 24.5 Å². The lowest BCUT2D eigenvalue weighted by Gasteiger charge is -2.13. The Morgan fingerprint density at radius 2 is 2.19 bits per heavy atom. The van der Waals surface area contributed by atoms with Crippen molar-refractivity contribution in [2.45, 2.75) is 26.7 Å². The molecule has 3 heteroatoms. The largest absolute Gasteiger partial charge is 0.496 e. The van der Waals surface area contributed by atoms with Crippen molar-refractivity contribution in [1.82, 2.24) is 0 Å². The van der Waals surface area contributed by atoms with E-state index < -0.39 is 5.97 Å². The molecular formula is C13H18O3. The lowest BCUT2D eigenvalue weighted by Crippen LogP contribution is -2.15. The smallest absolute Gasteiger partial charge is 0.306 e. The van der Waals surface area contributed by atoms with E-state index >= 15 is 0 Å². The highest BCUT2D eigenvalue weighted by atomic mass is 16.5. The van der Waals surface area contributed by atoms with Crippen molar-refractivity contribution >= 4 is 5.97 Å². The summed E-state index contributed by atoms with van der Waals surface area (Å²) < 4.78 is 5.23. The summed E-state index contributed by atoms with van der Waals surface area (Å²) in [4.78, 5) is 11.0. The van der Waals surface area contributed by atoms with Crippen LogP contribution in [-0.4, -0.2) is 18.2 Å². The first kappa shape index (κ1) is 12.6. The molecular weight excluding hydrogens is 204 g/mol. The summed E-state index contributed by atoms with van der Waals surface area (Å²) >= 11 is 0. The first-order valence-electron chi connectivity index (χ1n) is 5.44. The minimum absolute atomic E-state index is 0.337. The van der Waals surface area contributed by atoms with Gasteiger partial charge < -0.3 is 9.84 Å². The van der Waals surface area contributed by atoms with Gasteiger partial charge in [-0.1, -0.05) is 24.6 Å². The average molecular weight is 222 g/mol. The van der Waals surface area contributed by atoms with Gasteiger partial charge in [0, 0.05) is 0 Å². The molecule has 1 rings (SSSR count). The SMILES string of the molecule is CCC(Cc1cc(C)ccc1OC)C(=O)O.